The van der Waals surface area contributed by atoms with E-state index >= 15 is 0 Å². The van der Waals surface area contributed by atoms with Crippen molar-refractivity contribution in [3.05, 3.63) is 127 Å². The van der Waals surface area contributed by atoms with Gasteiger partial charge >= 0.3 is 11.9 Å². The van der Waals surface area contributed by atoms with Crippen LogP contribution in [0.5, 0.6) is 11.5 Å². The van der Waals surface area contributed by atoms with Crippen LogP contribution in [0.3, 0.4) is 0 Å². The molecule has 4 fully saturated rings. The maximum absolute atomic E-state index is 11.9. The van der Waals surface area contributed by atoms with Crippen LogP contribution in [0.4, 0.5) is 0 Å². The Balaban J connectivity index is 0.000000211. The van der Waals surface area contributed by atoms with Crippen LogP contribution >= 0.6 is 34.8 Å². The Morgan fingerprint density at radius 3 is 1.64 bits per heavy atom. The van der Waals surface area contributed by atoms with E-state index < -0.39 is 11.9 Å². The topological polar surface area (TPSA) is 195 Å². The minimum Gasteiger partial charge on any atom is -0.491 e. The Morgan fingerprint density at radius 2 is 1.12 bits per heavy atom. The van der Waals surface area contributed by atoms with Gasteiger partial charge < -0.3 is 24.8 Å². The number of fused-ring (bicyclic) bond motifs is 1. The molecular formula is C62H75Cl3N4O11. The van der Waals surface area contributed by atoms with Gasteiger partial charge in [-0.1, -0.05) is 78.1 Å². The van der Waals surface area contributed by atoms with Gasteiger partial charge in [0.05, 0.1) is 41.6 Å². The SMILES string of the molecule is CCc1cc(CN(C[C@H]2CC[C@H](C(=O)O)CC2)[C@H]2CCc3c2ccc(Cl)c3Cl)ccc1OCCN1C(=O)CCC1=O.C[C@@H](c1ccc(Cl)cc1)N(Cc1ccc(OCCN2C(=O)CCC2=O)c(CO)c1)C[C@H]1CC[C@H](C(=O)O)CC1. The van der Waals surface area contributed by atoms with Crippen LogP contribution in [0.1, 0.15) is 148 Å². The molecule has 4 aromatic carbocycles. The fourth-order valence-corrected chi connectivity index (χ4v) is 12.9. The highest BCUT2D eigenvalue weighted by Crippen LogP contribution is 2.44. The number of carbonyl (C=O) groups is 6. The summed E-state index contributed by atoms with van der Waals surface area (Å²) in [6.45, 7) is 8.11. The molecule has 2 aliphatic heterocycles. The van der Waals surface area contributed by atoms with Gasteiger partial charge in [-0.15, -0.1) is 0 Å². The highest BCUT2D eigenvalue weighted by Gasteiger charge is 2.35. The fraction of sp³-hybridized carbons (Fsp3) is 0.516. The first-order chi connectivity index (χ1) is 38.5. The predicted molar refractivity (Wildman–Crippen MR) is 305 cm³/mol. The number of nitrogens with zero attached hydrogens (tertiary/aromatic N) is 4. The average molecular weight is 1160 g/mol. The second-order valence-electron chi connectivity index (χ2n) is 22.2. The zero-order valence-corrected chi connectivity index (χ0v) is 48.2. The number of rotatable bonds is 23. The minimum absolute atomic E-state index is 0.100. The molecule has 2 saturated carbocycles. The summed E-state index contributed by atoms with van der Waals surface area (Å²) in [6, 6.07) is 24.2. The molecule has 15 nitrogen and oxygen atoms in total. The van der Waals surface area contributed by atoms with Crippen LogP contribution in [0.2, 0.25) is 15.1 Å². The van der Waals surface area contributed by atoms with Gasteiger partial charge in [-0.05, 0) is 159 Å². The van der Waals surface area contributed by atoms with E-state index in [1.54, 1.807) is 0 Å². The molecule has 5 aliphatic rings. The van der Waals surface area contributed by atoms with E-state index in [4.69, 9.17) is 44.3 Å². The molecule has 0 radical (unpaired) electrons. The van der Waals surface area contributed by atoms with Gasteiger partial charge in [0.2, 0.25) is 23.6 Å². The summed E-state index contributed by atoms with van der Waals surface area (Å²) in [5.74, 6) is -0.281. The second-order valence-corrected chi connectivity index (χ2v) is 23.4. The number of halogens is 3. The molecule has 3 N–H and O–H groups in total. The van der Waals surface area contributed by atoms with E-state index in [1.165, 1.54) is 20.9 Å². The zero-order valence-electron chi connectivity index (χ0n) is 45.9. The van der Waals surface area contributed by atoms with E-state index in [2.05, 4.69) is 41.8 Å². The molecule has 430 valence electrons. The monoisotopic (exact) mass is 1160 g/mol. The number of ether oxygens (including phenoxy) is 2. The number of likely N-dealkylation sites (tertiary alicyclic amines) is 2. The number of amides is 4. The summed E-state index contributed by atoms with van der Waals surface area (Å²) in [5, 5.41) is 30.8. The third kappa shape index (κ3) is 15.5. The number of aliphatic carboxylic acids is 2. The maximum atomic E-state index is 11.9. The van der Waals surface area contributed by atoms with Crippen LogP contribution < -0.4 is 9.47 Å². The van der Waals surface area contributed by atoms with Crippen molar-refractivity contribution in [3.8, 4) is 11.5 Å². The number of carboxylic acid groups (broad SMARTS) is 2. The summed E-state index contributed by atoms with van der Waals surface area (Å²) >= 11 is 19.1. The molecule has 2 saturated heterocycles. The Labute approximate surface area is 484 Å². The molecule has 2 atom stereocenters. The van der Waals surface area contributed by atoms with E-state index in [0.29, 0.717) is 57.6 Å². The van der Waals surface area contributed by atoms with Crippen molar-refractivity contribution < 1.29 is 53.6 Å². The summed E-state index contributed by atoms with van der Waals surface area (Å²) in [4.78, 5) is 77.9. The highest BCUT2D eigenvalue weighted by atomic mass is 35.5. The van der Waals surface area contributed by atoms with Crippen LogP contribution in [0.15, 0.2) is 72.8 Å². The lowest BCUT2D eigenvalue weighted by Crippen LogP contribution is -2.34. The molecule has 2 heterocycles. The van der Waals surface area contributed by atoms with Crippen molar-refractivity contribution >= 4 is 70.4 Å². The van der Waals surface area contributed by atoms with Crippen LogP contribution in [-0.2, 0) is 61.3 Å². The van der Waals surface area contributed by atoms with Gasteiger partial charge in [-0.2, -0.15) is 0 Å². The van der Waals surface area contributed by atoms with Gasteiger partial charge in [0.15, 0.2) is 0 Å². The lowest BCUT2D eigenvalue weighted by molar-refractivity contribution is -0.144. The molecule has 0 spiro atoms. The number of carboxylic acids is 2. The molecule has 4 amide bonds. The van der Waals surface area contributed by atoms with Crippen molar-refractivity contribution in [1.82, 2.24) is 19.6 Å². The van der Waals surface area contributed by atoms with Gasteiger partial charge in [-0.3, -0.25) is 48.4 Å². The Hall–Kier alpha value is -5.55. The number of benzene rings is 4. The van der Waals surface area contributed by atoms with Crippen molar-refractivity contribution in [3.63, 3.8) is 0 Å². The van der Waals surface area contributed by atoms with E-state index in [-0.39, 0.29) is 106 Å². The van der Waals surface area contributed by atoms with Crippen LogP contribution in [0.25, 0.3) is 0 Å². The molecule has 9 rings (SSSR count). The van der Waals surface area contributed by atoms with Crippen LogP contribution in [-0.4, -0.2) is 110 Å². The normalized spacial score (nSPS) is 21.5. The van der Waals surface area contributed by atoms with E-state index in [1.807, 2.05) is 54.6 Å². The van der Waals surface area contributed by atoms with Gasteiger partial charge in [0.25, 0.3) is 0 Å². The number of hydrogen-bond donors (Lipinski definition) is 3. The molecule has 0 unspecified atom stereocenters. The zero-order chi connectivity index (χ0) is 57.0. The smallest absolute Gasteiger partial charge is 0.306 e. The predicted octanol–water partition coefficient (Wildman–Crippen LogP) is 11.3. The highest BCUT2D eigenvalue weighted by molar-refractivity contribution is 6.42. The van der Waals surface area contributed by atoms with Gasteiger partial charge in [0, 0.05) is 74.5 Å². The van der Waals surface area contributed by atoms with Crippen molar-refractivity contribution in [2.24, 2.45) is 23.7 Å². The van der Waals surface area contributed by atoms with Crippen LogP contribution in [0, 0.1) is 23.7 Å². The number of imide groups is 2. The first-order valence-corrected chi connectivity index (χ1v) is 29.6. The maximum Gasteiger partial charge on any atom is 0.306 e. The number of aliphatic hydroxyl groups is 1. The van der Waals surface area contributed by atoms with Crippen molar-refractivity contribution in [2.45, 2.75) is 142 Å². The Morgan fingerprint density at radius 1 is 0.625 bits per heavy atom. The summed E-state index contributed by atoms with van der Waals surface area (Å²) in [6.07, 6.45) is 10.2. The third-order valence-electron chi connectivity index (χ3n) is 17.0. The number of aliphatic hydroxyl groups excluding tert-OH is 1. The third-order valence-corrected chi connectivity index (χ3v) is 18.1. The summed E-state index contributed by atoms with van der Waals surface area (Å²) < 4.78 is 11.9. The first kappa shape index (κ1) is 60.5. The molecule has 4 aromatic rings. The molecule has 80 heavy (non-hydrogen) atoms. The average Bonchev–Trinajstić information content (AvgIpc) is 4.18. The van der Waals surface area contributed by atoms with Gasteiger partial charge in [0.1, 0.15) is 24.7 Å². The molecule has 18 heteroatoms. The Kier molecular flexibility index (Phi) is 21.5. The number of hydrogen-bond acceptors (Lipinski definition) is 11. The summed E-state index contributed by atoms with van der Waals surface area (Å²) in [5.41, 5.74) is 7.46. The molecular weight excluding hydrogens is 1080 g/mol. The minimum atomic E-state index is -0.697. The molecule has 3 aliphatic carbocycles. The standard InChI is InChI=1S/C32H38Cl2N2O5.C30H37ClN2O6/c1-2-22-17-21(5-12-28(22)41-16-15-36-29(37)13-14-30(36)38)19-35(18-20-3-6-23(7-4-20)32(39)40)27-11-9-25-24(27)8-10-26(33)31(25)34;1-20(23-7-9-26(31)10-8-23)32(17-21-2-5-24(6-3-21)30(37)38)18-22-4-11-27(25(16-22)19-34)39-15-14-33-28(35)12-13-29(33)36/h5,8,10,12,17,20,23,27H,2-4,6-7,9,11,13-16,18-19H2,1H3,(H,39,40);4,7-11,16,20-21,24,34H,2-3,5-6,12-15,17-19H2,1H3,(H,37,38)/t20-,23-,27-;20-,21-,24-/m00/s1. The fourth-order valence-electron chi connectivity index (χ4n) is 12.3. The lowest BCUT2D eigenvalue weighted by Gasteiger charge is -2.35. The first-order valence-electron chi connectivity index (χ1n) is 28.4. The van der Waals surface area contributed by atoms with E-state index in [0.717, 1.165) is 105 Å². The van der Waals surface area contributed by atoms with Crippen molar-refractivity contribution in [1.29, 1.82) is 0 Å². The summed E-state index contributed by atoms with van der Waals surface area (Å²) in [7, 11) is 0. The lowest BCUT2D eigenvalue weighted by atomic mass is 9.81. The largest absolute Gasteiger partial charge is 0.491 e. The number of carbonyl (C=O) groups excluding carboxylic acids is 4. The van der Waals surface area contributed by atoms with Crippen molar-refractivity contribution in [2.75, 3.05) is 39.4 Å². The molecule has 0 bridgehead atoms. The molecule has 0 aromatic heterocycles. The number of aryl methyl sites for hydroxylation is 1. The Bertz CT molecular complexity index is 2820. The quantitative estimate of drug-likeness (QED) is 0.0594. The second kappa shape index (κ2) is 28.4. The van der Waals surface area contributed by atoms with Gasteiger partial charge in [-0.25, -0.2) is 0 Å². The van der Waals surface area contributed by atoms with E-state index in [9.17, 15) is 44.1 Å².